The van der Waals surface area contributed by atoms with Crippen molar-refractivity contribution in [2.24, 2.45) is 4.99 Å². The van der Waals surface area contributed by atoms with E-state index in [4.69, 9.17) is 0 Å². The van der Waals surface area contributed by atoms with Gasteiger partial charge in [-0.05, 0) is 43.2 Å². The average Bonchev–Trinajstić information content (AvgIpc) is 3.46. The van der Waals surface area contributed by atoms with Crippen LogP contribution in [0, 0.1) is 0 Å². The van der Waals surface area contributed by atoms with E-state index in [1.54, 1.807) is 54.6 Å². The van der Waals surface area contributed by atoms with Crippen LogP contribution in [0.3, 0.4) is 0 Å². The summed E-state index contributed by atoms with van der Waals surface area (Å²) in [6.45, 7) is 0.639. The molecule has 31 heavy (non-hydrogen) atoms. The summed E-state index contributed by atoms with van der Waals surface area (Å²) in [6.07, 6.45) is 1.50. The lowest BCUT2D eigenvalue weighted by molar-refractivity contribution is 0.588. The molecule has 1 aliphatic heterocycles. The predicted molar refractivity (Wildman–Crippen MR) is 123 cm³/mol. The monoisotopic (exact) mass is 448 g/mol. The third-order valence-electron chi connectivity index (χ3n) is 5.36. The summed E-state index contributed by atoms with van der Waals surface area (Å²) in [7, 11) is -5.49. The van der Waals surface area contributed by atoms with Crippen molar-refractivity contribution in [2.45, 2.75) is 27.5 Å². The molecule has 0 bridgehead atoms. The van der Waals surface area contributed by atoms with E-state index >= 15 is 0 Å². The van der Waals surface area contributed by atoms with E-state index in [1.165, 1.54) is 3.97 Å². The fourth-order valence-corrected chi connectivity index (χ4v) is 6.98. The highest BCUT2D eigenvalue weighted by Gasteiger charge is 2.32. The van der Waals surface area contributed by atoms with Gasteiger partial charge in [-0.2, -0.15) is 0 Å². The molecule has 0 saturated carbocycles. The number of hydrogen-bond donors (Lipinski definition) is 0. The van der Waals surface area contributed by atoms with Crippen molar-refractivity contribution in [3.63, 3.8) is 0 Å². The maximum Gasteiger partial charge on any atom is 0.268 e. The van der Waals surface area contributed by atoms with E-state index < -0.39 is 20.8 Å². The first-order valence-electron chi connectivity index (χ1n) is 10.0. The second-order valence-electron chi connectivity index (χ2n) is 7.29. The van der Waals surface area contributed by atoms with Crippen LogP contribution in [-0.2, 0) is 20.8 Å². The molecule has 1 atom stereocenters. The first-order chi connectivity index (χ1) is 15.1. The van der Waals surface area contributed by atoms with Crippen LogP contribution in [0.4, 0.5) is 0 Å². The molecule has 0 amide bonds. The van der Waals surface area contributed by atoms with Gasteiger partial charge in [-0.25, -0.2) is 16.6 Å². The van der Waals surface area contributed by atoms with E-state index in [-0.39, 0.29) is 4.90 Å². The SMILES string of the molecule is O=[S@@](c1ccccc1)c1c(C2=NCCC2)n(S(=O)(=O)c2ccccc2)c2ccccc12. The number of aromatic nitrogens is 1. The van der Waals surface area contributed by atoms with Gasteiger partial charge in [-0.3, -0.25) is 4.99 Å². The minimum absolute atomic E-state index is 0.188. The molecule has 1 aromatic heterocycles. The van der Waals surface area contributed by atoms with E-state index in [0.29, 0.717) is 45.1 Å². The van der Waals surface area contributed by atoms with Crippen LogP contribution in [0.5, 0.6) is 0 Å². The third kappa shape index (κ3) is 3.34. The van der Waals surface area contributed by atoms with Crippen molar-refractivity contribution in [3.05, 3.63) is 90.6 Å². The fraction of sp³-hybridized carbons (Fsp3) is 0.125. The number of aliphatic imine (C=N–C) groups is 1. The molecule has 4 aromatic rings. The highest BCUT2D eigenvalue weighted by molar-refractivity contribution is 7.90. The minimum atomic E-state index is -3.93. The van der Waals surface area contributed by atoms with Gasteiger partial charge in [0.25, 0.3) is 10.0 Å². The lowest BCUT2D eigenvalue weighted by Gasteiger charge is -2.13. The smallest absolute Gasteiger partial charge is 0.268 e. The molecule has 0 N–H and O–H groups in total. The summed E-state index contributed by atoms with van der Waals surface area (Å²) in [5.74, 6) is 0. The molecule has 3 aromatic carbocycles. The van der Waals surface area contributed by atoms with Gasteiger partial charge in [-0.1, -0.05) is 54.6 Å². The van der Waals surface area contributed by atoms with Crippen LogP contribution in [0.1, 0.15) is 18.5 Å². The summed E-state index contributed by atoms with van der Waals surface area (Å²) in [6, 6.07) is 24.7. The Morgan fingerprint density at radius 3 is 2.16 bits per heavy atom. The highest BCUT2D eigenvalue weighted by Crippen LogP contribution is 2.36. The Morgan fingerprint density at radius 2 is 1.48 bits per heavy atom. The van der Waals surface area contributed by atoms with Gasteiger partial charge in [0.15, 0.2) is 0 Å². The number of nitrogens with zero attached hydrogens (tertiary/aromatic N) is 2. The first-order valence-corrected chi connectivity index (χ1v) is 12.6. The molecule has 7 heteroatoms. The van der Waals surface area contributed by atoms with Crippen LogP contribution >= 0.6 is 0 Å². The summed E-state index contributed by atoms with van der Waals surface area (Å²) in [5.41, 5.74) is 1.63. The molecule has 0 saturated heterocycles. The van der Waals surface area contributed by atoms with Crippen molar-refractivity contribution in [1.82, 2.24) is 3.97 Å². The van der Waals surface area contributed by atoms with Crippen LogP contribution in [-0.4, -0.2) is 28.9 Å². The van der Waals surface area contributed by atoms with Crippen LogP contribution in [0.25, 0.3) is 10.9 Å². The molecule has 1 aliphatic rings. The minimum Gasteiger partial charge on any atom is -0.287 e. The van der Waals surface area contributed by atoms with Gasteiger partial charge in [0.1, 0.15) is 0 Å². The number of rotatable bonds is 5. The van der Waals surface area contributed by atoms with Gasteiger partial charge in [0.2, 0.25) is 0 Å². The zero-order valence-electron chi connectivity index (χ0n) is 16.6. The van der Waals surface area contributed by atoms with Gasteiger partial charge in [0.05, 0.1) is 37.5 Å². The van der Waals surface area contributed by atoms with E-state index in [9.17, 15) is 12.6 Å². The van der Waals surface area contributed by atoms with Gasteiger partial charge in [-0.15, -0.1) is 0 Å². The van der Waals surface area contributed by atoms with Crippen molar-refractivity contribution in [1.29, 1.82) is 0 Å². The maximum atomic E-state index is 13.8. The Hall–Kier alpha value is -3.03. The van der Waals surface area contributed by atoms with E-state index in [1.807, 2.05) is 30.3 Å². The Labute approximate surface area is 183 Å². The molecule has 0 unspecified atom stereocenters. The van der Waals surface area contributed by atoms with E-state index in [0.717, 1.165) is 6.42 Å². The zero-order chi connectivity index (χ0) is 21.4. The molecular formula is C24H20N2O3S2. The normalized spacial score (nSPS) is 15.2. The maximum absolute atomic E-state index is 13.8. The molecule has 2 heterocycles. The number of para-hydroxylation sites is 1. The van der Waals surface area contributed by atoms with E-state index in [2.05, 4.69) is 4.99 Å². The second kappa shape index (κ2) is 7.90. The summed E-state index contributed by atoms with van der Waals surface area (Å²) in [5, 5.41) is 0.661. The van der Waals surface area contributed by atoms with Crippen molar-refractivity contribution in [3.8, 4) is 0 Å². The van der Waals surface area contributed by atoms with Crippen molar-refractivity contribution in [2.75, 3.05) is 6.54 Å². The Morgan fingerprint density at radius 1 is 0.839 bits per heavy atom. The molecule has 0 aliphatic carbocycles. The molecule has 5 nitrogen and oxygen atoms in total. The average molecular weight is 449 g/mol. The second-order valence-corrected chi connectivity index (χ2v) is 10.5. The van der Waals surface area contributed by atoms with Crippen molar-refractivity contribution < 1.29 is 12.6 Å². The number of benzene rings is 3. The van der Waals surface area contributed by atoms with Crippen LogP contribution in [0.2, 0.25) is 0 Å². The van der Waals surface area contributed by atoms with Crippen molar-refractivity contribution >= 4 is 37.4 Å². The molecular weight excluding hydrogens is 428 g/mol. The summed E-state index contributed by atoms with van der Waals surface area (Å²) >= 11 is 0. The predicted octanol–water partition coefficient (Wildman–Crippen LogP) is 4.63. The molecule has 5 rings (SSSR count). The molecule has 0 fully saturated rings. The standard InChI is InChI=1S/C24H20N2O3S2/c27-30(18-10-3-1-4-11-18)24-20-14-7-8-16-22(20)26(23(24)21-15-9-17-25-21)31(28,29)19-12-5-2-6-13-19/h1-8,10-14,16H,9,15,17H2/t30-/m0/s1. The Bertz CT molecular complexity index is 1420. The lowest BCUT2D eigenvalue weighted by atomic mass is 10.2. The zero-order valence-corrected chi connectivity index (χ0v) is 18.3. The van der Waals surface area contributed by atoms with Gasteiger partial charge < -0.3 is 0 Å². The highest BCUT2D eigenvalue weighted by atomic mass is 32.2. The summed E-state index contributed by atoms with van der Waals surface area (Å²) in [4.78, 5) is 5.92. The van der Waals surface area contributed by atoms with Crippen LogP contribution < -0.4 is 0 Å². The number of fused-ring (bicyclic) bond motifs is 1. The third-order valence-corrected chi connectivity index (χ3v) is 8.57. The molecule has 0 spiro atoms. The quantitative estimate of drug-likeness (QED) is 0.447. The molecule has 0 radical (unpaired) electrons. The Balaban J connectivity index is 1.89. The van der Waals surface area contributed by atoms with Gasteiger partial charge in [0, 0.05) is 16.8 Å². The summed E-state index contributed by atoms with van der Waals surface area (Å²) < 4.78 is 42.7. The first kappa shape index (κ1) is 19.9. The fourth-order valence-electron chi connectivity index (χ4n) is 3.96. The van der Waals surface area contributed by atoms with Gasteiger partial charge >= 0.3 is 0 Å². The largest absolute Gasteiger partial charge is 0.287 e. The Kier molecular flexibility index (Phi) is 5.08. The molecule has 156 valence electrons. The number of hydrogen-bond acceptors (Lipinski definition) is 4. The van der Waals surface area contributed by atoms with Crippen LogP contribution in [0.15, 0.2) is 105 Å². The lowest BCUT2D eigenvalue weighted by Crippen LogP contribution is -2.19. The topological polar surface area (TPSA) is 68.5 Å².